The Morgan fingerprint density at radius 1 is 0.529 bits per heavy atom. The Morgan fingerprint density at radius 3 is 1.91 bits per heavy atom. The van der Waals surface area contributed by atoms with Crippen LogP contribution < -0.4 is 4.74 Å². The second-order valence-electron chi connectivity index (χ2n) is 8.02. The molecule has 0 unspecified atom stereocenters. The van der Waals surface area contributed by atoms with Crippen molar-refractivity contribution in [2.24, 2.45) is 0 Å². The number of hydrogen-bond acceptors (Lipinski definition) is 1. The lowest BCUT2D eigenvalue weighted by molar-refractivity contribution is 0.368. The Labute approximate surface area is 191 Å². The van der Waals surface area contributed by atoms with E-state index in [1.807, 2.05) is 18.2 Å². The van der Waals surface area contributed by atoms with E-state index in [2.05, 4.69) is 72.8 Å². The van der Waals surface area contributed by atoms with Crippen molar-refractivity contribution in [2.45, 2.75) is 0 Å². The van der Waals surface area contributed by atoms with Crippen molar-refractivity contribution in [3.05, 3.63) is 91.0 Å². The molecule has 0 atom stereocenters. The van der Waals surface area contributed by atoms with E-state index in [4.69, 9.17) is 9.15 Å². The minimum absolute atomic E-state index is 0.846. The van der Waals surface area contributed by atoms with Crippen LogP contribution >= 0.6 is 0 Å². The highest BCUT2D eigenvalue weighted by atomic mass is 19.5. The summed E-state index contributed by atoms with van der Waals surface area (Å²) in [7, 11) is -6.00. The number of ether oxygens (including phenoxy) is 1. The van der Waals surface area contributed by atoms with E-state index in [0.717, 1.165) is 39.0 Å². The zero-order valence-corrected chi connectivity index (χ0v) is 17.6. The molecule has 7 rings (SSSR count). The van der Waals surface area contributed by atoms with E-state index in [1.165, 1.54) is 27.1 Å². The third-order valence-corrected chi connectivity index (χ3v) is 5.96. The molecule has 0 saturated carbocycles. The molecule has 1 aromatic heterocycles. The van der Waals surface area contributed by atoms with E-state index >= 15 is 0 Å². The molecule has 1 aliphatic rings. The van der Waals surface area contributed by atoms with Crippen LogP contribution in [-0.4, -0.2) is 7.25 Å². The minimum Gasteiger partial charge on any atom is -0.456 e. The molecule has 34 heavy (non-hydrogen) atoms. The van der Waals surface area contributed by atoms with Gasteiger partial charge in [0, 0.05) is 23.3 Å². The summed E-state index contributed by atoms with van der Waals surface area (Å²) in [4.78, 5) is 0. The summed E-state index contributed by atoms with van der Waals surface area (Å²) in [6.07, 6.45) is 0. The maximum Gasteiger partial charge on any atom is 0.673 e. The second kappa shape index (κ2) is 7.45. The normalized spacial score (nSPS) is 12.4. The van der Waals surface area contributed by atoms with Crippen molar-refractivity contribution in [3.8, 4) is 22.6 Å². The molecule has 0 N–H and O–H groups in total. The first kappa shape index (κ1) is 20.5. The van der Waals surface area contributed by atoms with Crippen LogP contribution in [0.1, 0.15) is 0 Å². The number of rotatable bonds is 0. The Morgan fingerprint density at radius 2 is 1.15 bits per heavy atom. The van der Waals surface area contributed by atoms with E-state index < -0.39 is 7.25 Å². The van der Waals surface area contributed by atoms with Gasteiger partial charge >= 0.3 is 18.4 Å². The summed E-state index contributed by atoms with van der Waals surface area (Å²) in [6.45, 7) is 0. The maximum absolute atomic E-state index is 9.75. The van der Waals surface area contributed by atoms with Gasteiger partial charge in [-0.3, -0.25) is 0 Å². The van der Waals surface area contributed by atoms with Crippen molar-refractivity contribution in [3.63, 3.8) is 0 Å². The number of halogens is 4. The smallest absolute Gasteiger partial charge is 0.456 e. The lowest BCUT2D eigenvalue weighted by Gasteiger charge is -2.21. The fourth-order valence-corrected chi connectivity index (χ4v) is 4.73. The van der Waals surface area contributed by atoms with E-state index in [1.54, 1.807) is 0 Å². The first-order valence-corrected chi connectivity index (χ1v) is 10.7. The average molecular weight is 458 g/mol. The molecule has 0 amide bonds. The van der Waals surface area contributed by atoms with Gasteiger partial charge in [-0.1, -0.05) is 54.6 Å². The summed E-state index contributed by atoms with van der Waals surface area (Å²) in [5.41, 5.74) is 4.08. The number of fused-ring (bicyclic) bond motifs is 8. The monoisotopic (exact) mass is 458 g/mol. The Kier molecular flexibility index (Phi) is 4.49. The Balaban J connectivity index is 0.000000398. The van der Waals surface area contributed by atoms with Gasteiger partial charge in [-0.15, -0.1) is 0 Å². The molecule has 0 radical (unpaired) electrons. The largest absolute Gasteiger partial charge is 0.673 e. The number of benzene rings is 5. The van der Waals surface area contributed by atoms with Crippen molar-refractivity contribution >= 4 is 50.7 Å². The molecule has 166 valence electrons. The molecular weight excluding hydrogens is 443 g/mol. The van der Waals surface area contributed by atoms with E-state index in [-0.39, 0.29) is 0 Å². The standard InChI is InChI=1S/C27H15O2.BF4/c1-3-8-18-16(6-1)12-14-22-24(18)27-25-19-9-4-2-7-17(19)13-15-23(25)29-21-11-5-10-20(28-22)26(21)27;2-1(3,4)5/h1-15H;/q+1;-1. The average Bonchev–Trinajstić information content (AvgIpc) is 2.82. The summed E-state index contributed by atoms with van der Waals surface area (Å²) >= 11 is 0. The van der Waals surface area contributed by atoms with Crippen molar-refractivity contribution < 1.29 is 26.4 Å². The molecule has 7 heteroatoms. The molecule has 1 aliphatic heterocycles. The molecule has 2 heterocycles. The lowest BCUT2D eigenvalue weighted by atomic mass is 9.88. The lowest BCUT2D eigenvalue weighted by Crippen LogP contribution is -2.02. The van der Waals surface area contributed by atoms with Crippen molar-refractivity contribution in [2.75, 3.05) is 0 Å². The van der Waals surface area contributed by atoms with E-state index in [9.17, 15) is 17.3 Å². The minimum atomic E-state index is -6.00. The highest BCUT2D eigenvalue weighted by molar-refractivity contribution is 6.50. The summed E-state index contributed by atoms with van der Waals surface area (Å²) < 4.78 is 51.7. The van der Waals surface area contributed by atoms with E-state index in [0.29, 0.717) is 0 Å². The zero-order chi connectivity index (χ0) is 23.4. The Hall–Kier alpha value is -4.13. The highest BCUT2D eigenvalue weighted by Gasteiger charge is 2.31. The molecule has 0 spiro atoms. The highest BCUT2D eigenvalue weighted by Crippen LogP contribution is 2.53. The van der Waals surface area contributed by atoms with Crippen LogP contribution in [-0.2, 0) is 0 Å². The predicted octanol–water partition coefficient (Wildman–Crippen LogP) is 9.25. The molecule has 5 aromatic carbocycles. The van der Waals surface area contributed by atoms with Crippen LogP contribution in [0.3, 0.4) is 0 Å². The quantitative estimate of drug-likeness (QED) is 0.0742. The van der Waals surface area contributed by atoms with Crippen LogP contribution in [0, 0.1) is 0 Å². The van der Waals surface area contributed by atoms with Crippen molar-refractivity contribution in [1.82, 2.24) is 0 Å². The topological polar surface area (TPSA) is 20.5 Å². The third kappa shape index (κ3) is 3.32. The summed E-state index contributed by atoms with van der Waals surface area (Å²) in [5.74, 6) is 1.74. The van der Waals surface area contributed by atoms with Gasteiger partial charge in [0.25, 0.3) is 0 Å². The zero-order valence-electron chi connectivity index (χ0n) is 17.6. The number of hydrogen-bond donors (Lipinski definition) is 0. The fraction of sp³-hybridized carbons (Fsp3) is 0. The van der Waals surface area contributed by atoms with Gasteiger partial charge in [-0.05, 0) is 45.8 Å². The van der Waals surface area contributed by atoms with Crippen LogP contribution in [0.5, 0.6) is 11.5 Å². The van der Waals surface area contributed by atoms with Gasteiger partial charge < -0.3 is 22.0 Å². The second-order valence-corrected chi connectivity index (χ2v) is 8.02. The summed E-state index contributed by atoms with van der Waals surface area (Å²) in [6, 6.07) is 31.5. The SMILES string of the molecule is F[B-](F)(F)F.c1ccc2c3c(ccc2c1)Oc1cccc2[o+]c4ccc5ccccc5c4c-3c12. The van der Waals surface area contributed by atoms with Gasteiger partial charge in [0.2, 0.25) is 0 Å². The van der Waals surface area contributed by atoms with Crippen LogP contribution in [0.25, 0.3) is 54.6 Å². The molecule has 0 saturated heterocycles. The first-order chi connectivity index (χ1) is 16.4. The Bertz CT molecular complexity index is 1740. The van der Waals surface area contributed by atoms with Gasteiger partial charge in [0.05, 0.1) is 5.39 Å². The molecule has 0 bridgehead atoms. The molecule has 6 aromatic rings. The molecular formula is C27H15BF4O2. The fourth-order valence-electron chi connectivity index (χ4n) is 4.73. The molecule has 0 fully saturated rings. The third-order valence-electron chi connectivity index (χ3n) is 5.96. The van der Waals surface area contributed by atoms with Crippen LogP contribution in [0.2, 0.25) is 0 Å². The first-order valence-electron chi connectivity index (χ1n) is 10.7. The van der Waals surface area contributed by atoms with Gasteiger partial charge in [-0.25, -0.2) is 4.42 Å². The van der Waals surface area contributed by atoms with Crippen molar-refractivity contribution in [1.29, 1.82) is 0 Å². The maximum atomic E-state index is 9.75. The molecule has 2 nitrogen and oxygen atoms in total. The summed E-state index contributed by atoms with van der Waals surface area (Å²) in [5, 5.41) is 6.99. The van der Waals surface area contributed by atoms with Crippen LogP contribution in [0.15, 0.2) is 95.4 Å². The molecule has 0 aliphatic carbocycles. The van der Waals surface area contributed by atoms with Gasteiger partial charge in [-0.2, -0.15) is 0 Å². The van der Waals surface area contributed by atoms with Crippen LogP contribution in [0.4, 0.5) is 17.3 Å². The predicted molar refractivity (Wildman–Crippen MR) is 129 cm³/mol. The van der Waals surface area contributed by atoms with Gasteiger partial charge in [0.15, 0.2) is 0 Å². The van der Waals surface area contributed by atoms with Gasteiger partial charge in [0.1, 0.15) is 16.9 Å².